The number of carboxylic acid groups (broad SMARTS) is 1. The molecule has 1 aliphatic rings. The molecular weight excluding hydrogens is 228 g/mol. The highest BCUT2D eigenvalue weighted by molar-refractivity contribution is 5.74. The van der Waals surface area contributed by atoms with Crippen LogP contribution < -0.4 is 5.32 Å². The average Bonchev–Trinajstić information content (AvgIpc) is 2.29. The van der Waals surface area contributed by atoms with Gasteiger partial charge in [-0.3, -0.25) is 0 Å². The summed E-state index contributed by atoms with van der Waals surface area (Å²) in [6.07, 6.45) is -0.681. The molecule has 98 valence electrons. The number of piperidine rings is 1. The van der Waals surface area contributed by atoms with Crippen LogP contribution in [0.2, 0.25) is 0 Å². The minimum atomic E-state index is -1.45. The van der Waals surface area contributed by atoms with E-state index in [4.69, 9.17) is 10.2 Å². The summed E-state index contributed by atoms with van der Waals surface area (Å²) in [4.78, 5) is 23.4. The number of carboxylic acids is 1. The second-order valence-corrected chi connectivity index (χ2v) is 4.09. The van der Waals surface area contributed by atoms with Crippen molar-refractivity contribution in [2.75, 3.05) is 19.6 Å². The minimum Gasteiger partial charge on any atom is -0.479 e. The molecule has 4 N–H and O–H groups in total. The molecule has 0 aromatic carbocycles. The van der Waals surface area contributed by atoms with Crippen LogP contribution in [0, 0.1) is 0 Å². The van der Waals surface area contributed by atoms with Gasteiger partial charge in [0.2, 0.25) is 0 Å². The standard InChI is InChI=1S/C10H18N2O5/c13-7-2-5-12(6-3-7)10(17)11-4-1-8(14)9(15)16/h7-8,13-14H,1-6H2,(H,11,17)(H,15,16)/t8-/m0/s1. The minimum absolute atomic E-state index is 0.0163. The lowest BCUT2D eigenvalue weighted by Crippen LogP contribution is -2.46. The molecule has 17 heavy (non-hydrogen) atoms. The van der Waals surface area contributed by atoms with Gasteiger partial charge in [0.25, 0.3) is 0 Å². The van der Waals surface area contributed by atoms with E-state index in [9.17, 15) is 14.7 Å². The summed E-state index contributed by atoms with van der Waals surface area (Å²) >= 11 is 0. The van der Waals surface area contributed by atoms with Crippen molar-refractivity contribution in [2.24, 2.45) is 0 Å². The number of aliphatic hydroxyl groups is 2. The second-order valence-electron chi connectivity index (χ2n) is 4.09. The van der Waals surface area contributed by atoms with Gasteiger partial charge in [0, 0.05) is 26.1 Å². The maximum Gasteiger partial charge on any atom is 0.332 e. The number of hydrogen-bond donors (Lipinski definition) is 4. The average molecular weight is 246 g/mol. The first-order valence-electron chi connectivity index (χ1n) is 5.62. The third kappa shape index (κ3) is 4.58. The van der Waals surface area contributed by atoms with E-state index in [1.807, 2.05) is 0 Å². The van der Waals surface area contributed by atoms with Crippen LogP contribution in [0.3, 0.4) is 0 Å². The number of aliphatic hydroxyl groups excluding tert-OH is 2. The molecule has 0 aromatic rings. The lowest BCUT2D eigenvalue weighted by Gasteiger charge is -2.29. The molecule has 2 amide bonds. The van der Waals surface area contributed by atoms with Crippen LogP contribution in [0.25, 0.3) is 0 Å². The fourth-order valence-electron chi connectivity index (χ4n) is 1.62. The molecular formula is C10H18N2O5. The van der Waals surface area contributed by atoms with E-state index in [1.165, 1.54) is 0 Å². The summed E-state index contributed by atoms with van der Waals surface area (Å²) in [6.45, 7) is 1.11. The topological polar surface area (TPSA) is 110 Å². The summed E-state index contributed by atoms with van der Waals surface area (Å²) in [5.41, 5.74) is 0. The number of hydrogen-bond acceptors (Lipinski definition) is 4. The van der Waals surface area contributed by atoms with Crippen LogP contribution in [0.4, 0.5) is 4.79 Å². The van der Waals surface area contributed by atoms with Gasteiger partial charge in [0.1, 0.15) is 0 Å². The molecule has 1 fully saturated rings. The van der Waals surface area contributed by atoms with E-state index < -0.39 is 12.1 Å². The van der Waals surface area contributed by atoms with Crippen LogP contribution >= 0.6 is 0 Å². The predicted molar refractivity (Wildman–Crippen MR) is 58.5 cm³/mol. The number of aliphatic carboxylic acids is 1. The zero-order valence-corrected chi connectivity index (χ0v) is 9.50. The molecule has 1 rings (SSSR count). The van der Waals surface area contributed by atoms with E-state index in [2.05, 4.69) is 5.32 Å². The molecule has 0 unspecified atom stereocenters. The Morgan fingerprint density at radius 2 is 1.94 bits per heavy atom. The Hall–Kier alpha value is -1.34. The van der Waals surface area contributed by atoms with Crippen molar-refractivity contribution in [2.45, 2.75) is 31.5 Å². The highest BCUT2D eigenvalue weighted by Crippen LogP contribution is 2.09. The Kier molecular flexibility index (Phi) is 5.17. The van der Waals surface area contributed by atoms with Gasteiger partial charge in [-0.25, -0.2) is 9.59 Å². The number of rotatable bonds is 4. The molecule has 1 saturated heterocycles. The smallest absolute Gasteiger partial charge is 0.332 e. The predicted octanol–water partition coefficient (Wildman–Crippen LogP) is -1.01. The van der Waals surface area contributed by atoms with Crippen LogP contribution in [-0.2, 0) is 4.79 Å². The number of likely N-dealkylation sites (tertiary alicyclic amines) is 1. The van der Waals surface area contributed by atoms with Gasteiger partial charge in [-0.1, -0.05) is 0 Å². The number of nitrogens with zero attached hydrogens (tertiary/aromatic N) is 1. The van der Waals surface area contributed by atoms with Crippen LogP contribution in [-0.4, -0.2) is 64.1 Å². The fourth-order valence-corrected chi connectivity index (χ4v) is 1.62. The van der Waals surface area contributed by atoms with Crippen molar-refractivity contribution in [3.05, 3.63) is 0 Å². The van der Waals surface area contributed by atoms with Crippen LogP contribution in [0.1, 0.15) is 19.3 Å². The molecule has 1 aliphatic heterocycles. The van der Waals surface area contributed by atoms with Crippen LogP contribution in [0.15, 0.2) is 0 Å². The number of carbonyl (C=O) groups excluding carboxylic acids is 1. The van der Waals surface area contributed by atoms with E-state index in [-0.39, 0.29) is 25.1 Å². The molecule has 0 spiro atoms. The largest absolute Gasteiger partial charge is 0.479 e. The quantitative estimate of drug-likeness (QED) is 0.508. The first-order valence-corrected chi connectivity index (χ1v) is 5.62. The highest BCUT2D eigenvalue weighted by atomic mass is 16.4. The van der Waals surface area contributed by atoms with E-state index in [0.717, 1.165) is 0 Å². The van der Waals surface area contributed by atoms with Gasteiger partial charge in [-0.15, -0.1) is 0 Å². The summed E-state index contributed by atoms with van der Waals surface area (Å²) in [6, 6.07) is -0.283. The second kappa shape index (κ2) is 6.41. The molecule has 0 aliphatic carbocycles. The van der Waals surface area contributed by atoms with Crippen molar-refractivity contribution in [1.82, 2.24) is 10.2 Å². The van der Waals surface area contributed by atoms with Gasteiger partial charge >= 0.3 is 12.0 Å². The molecule has 1 heterocycles. The lowest BCUT2D eigenvalue weighted by atomic mass is 10.1. The monoisotopic (exact) mass is 246 g/mol. The Morgan fingerprint density at radius 3 is 2.47 bits per heavy atom. The van der Waals surface area contributed by atoms with Crippen molar-refractivity contribution in [1.29, 1.82) is 0 Å². The molecule has 0 bridgehead atoms. The SMILES string of the molecule is O=C(O)[C@@H](O)CCNC(=O)N1CCC(O)CC1. The first-order chi connectivity index (χ1) is 8.00. The molecule has 7 heteroatoms. The Balaban J connectivity index is 2.19. The van der Waals surface area contributed by atoms with Crippen molar-refractivity contribution < 1.29 is 24.9 Å². The summed E-state index contributed by atoms with van der Waals surface area (Å²) in [5, 5.41) is 29.2. The number of amides is 2. The Bertz CT molecular complexity index is 276. The van der Waals surface area contributed by atoms with Crippen molar-refractivity contribution >= 4 is 12.0 Å². The van der Waals surface area contributed by atoms with Crippen LogP contribution in [0.5, 0.6) is 0 Å². The van der Waals surface area contributed by atoms with Crippen molar-refractivity contribution in [3.8, 4) is 0 Å². The summed E-state index contributed by atoms with van der Waals surface area (Å²) in [5.74, 6) is -1.29. The molecule has 0 radical (unpaired) electrons. The van der Waals surface area contributed by atoms with Gasteiger partial charge in [-0.2, -0.15) is 0 Å². The third-order valence-electron chi connectivity index (χ3n) is 2.73. The summed E-state index contributed by atoms with van der Waals surface area (Å²) < 4.78 is 0. The molecule has 0 aromatic heterocycles. The Morgan fingerprint density at radius 1 is 1.35 bits per heavy atom. The van der Waals surface area contributed by atoms with Gasteiger partial charge in [0.15, 0.2) is 6.10 Å². The van der Waals surface area contributed by atoms with E-state index in [0.29, 0.717) is 25.9 Å². The zero-order chi connectivity index (χ0) is 12.8. The fraction of sp³-hybridized carbons (Fsp3) is 0.800. The maximum atomic E-state index is 11.6. The lowest BCUT2D eigenvalue weighted by molar-refractivity contribution is -0.146. The van der Waals surface area contributed by atoms with Gasteiger partial charge in [-0.05, 0) is 12.8 Å². The van der Waals surface area contributed by atoms with Gasteiger partial charge < -0.3 is 25.5 Å². The Labute approximate surface area is 99.0 Å². The molecule has 7 nitrogen and oxygen atoms in total. The van der Waals surface area contributed by atoms with Crippen molar-refractivity contribution in [3.63, 3.8) is 0 Å². The first kappa shape index (κ1) is 13.7. The van der Waals surface area contributed by atoms with E-state index >= 15 is 0 Å². The molecule has 0 saturated carbocycles. The highest BCUT2D eigenvalue weighted by Gasteiger charge is 2.21. The van der Waals surface area contributed by atoms with E-state index in [1.54, 1.807) is 4.90 Å². The molecule has 1 atom stereocenters. The number of nitrogens with one attached hydrogen (secondary N) is 1. The zero-order valence-electron chi connectivity index (χ0n) is 9.50. The third-order valence-corrected chi connectivity index (χ3v) is 2.73. The normalized spacial score (nSPS) is 18.8. The maximum absolute atomic E-state index is 11.6. The van der Waals surface area contributed by atoms with Gasteiger partial charge in [0.05, 0.1) is 6.10 Å². The number of carbonyl (C=O) groups is 2. The summed E-state index contributed by atoms with van der Waals surface area (Å²) in [7, 11) is 0. The number of urea groups is 1.